The van der Waals surface area contributed by atoms with Crippen molar-refractivity contribution in [3.8, 4) is 22.5 Å². The standard InChI is InChI=1S/C21H17ClN4/c1-2-17-21(23)26-19(13-7-4-3-5-8-13)20(25-17)15-11-14-9-6-10-24-18(14)16(22)12-15/h3-12H,2H2,1H3,(H2,23,26). The predicted octanol–water partition coefficient (Wildman–Crippen LogP) is 5.16. The fraction of sp³-hybridized carbons (Fsp3) is 0.0952. The van der Waals surface area contributed by atoms with E-state index in [1.54, 1.807) is 6.20 Å². The first-order valence-electron chi connectivity index (χ1n) is 8.44. The molecule has 5 heteroatoms. The quantitative estimate of drug-likeness (QED) is 0.548. The molecule has 2 N–H and O–H groups in total. The van der Waals surface area contributed by atoms with Crippen molar-refractivity contribution < 1.29 is 0 Å². The van der Waals surface area contributed by atoms with Gasteiger partial charge in [0.15, 0.2) is 0 Å². The lowest BCUT2D eigenvalue weighted by Crippen LogP contribution is -2.04. The van der Waals surface area contributed by atoms with Crippen LogP contribution in [0.4, 0.5) is 5.82 Å². The van der Waals surface area contributed by atoms with Crippen LogP contribution in [0, 0.1) is 0 Å². The maximum absolute atomic E-state index is 6.48. The number of pyridine rings is 1. The van der Waals surface area contributed by atoms with Crippen LogP contribution in [0.25, 0.3) is 33.4 Å². The molecule has 0 aliphatic heterocycles. The number of nitrogens with zero attached hydrogens (tertiary/aromatic N) is 3. The zero-order valence-corrected chi connectivity index (χ0v) is 15.0. The molecule has 0 aliphatic carbocycles. The number of aryl methyl sites for hydroxylation is 1. The van der Waals surface area contributed by atoms with Gasteiger partial charge in [-0.3, -0.25) is 4.98 Å². The highest BCUT2D eigenvalue weighted by molar-refractivity contribution is 6.35. The van der Waals surface area contributed by atoms with Crippen LogP contribution < -0.4 is 5.73 Å². The van der Waals surface area contributed by atoms with Gasteiger partial charge in [0.05, 0.1) is 27.6 Å². The summed E-state index contributed by atoms with van der Waals surface area (Å²) >= 11 is 6.48. The van der Waals surface area contributed by atoms with Crippen molar-refractivity contribution in [2.24, 2.45) is 0 Å². The van der Waals surface area contributed by atoms with Crippen molar-refractivity contribution in [1.82, 2.24) is 15.0 Å². The molecule has 2 aromatic carbocycles. The van der Waals surface area contributed by atoms with E-state index in [4.69, 9.17) is 22.3 Å². The number of aromatic nitrogens is 3. The monoisotopic (exact) mass is 360 g/mol. The number of nitrogens with two attached hydrogens (primary N) is 1. The van der Waals surface area contributed by atoms with Gasteiger partial charge in [0, 0.05) is 22.7 Å². The van der Waals surface area contributed by atoms with Crippen LogP contribution >= 0.6 is 11.6 Å². The number of anilines is 1. The second-order valence-electron chi connectivity index (χ2n) is 6.01. The predicted molar refractivity (Wildman–Crippen MR) is 107 cm³/mol. The van der Waals surface area contributed by atoms with E-state index < -0.39 is 0 Å². The molecule has 4 aromatic rings. The Labute approximate surface area is 156 Å². The molecular weight excluding hydrogens is 344 g/mol. The lowest BCUT2D eigenvalue weighted by molar-refractivity contribution is 1.02. The minimum Gasteiger partial charge on any atom is -0.382 e. The number of rotatable bonds is 3. The van der Waals surface area contributed by atoms with Crippen LogP contribution in [0.15, 0.2) is 60.8 Å². The first-order chi connectivity index (χ1) is 12.7. The first-order valence-corrected chi connectivity index (χ1v) is 8.81. The third-order valence-electron chi connectivity index (χ3n) is 4.31. The van der Waals surface area contributed by atoms with Gasteiger partial charge >= 0.3 is 0 Å². The molecule has 2 aromatic heterocycles. The maximum atomic E-state index is 6.48. The summed E-state index contributed by atoms with van der Waals surface area (Å²) < 4.78 is 0. The van der Waals surface area contributed by atoms with Gasteiger partial charge in [0.2, 0.25) is 0 Å². The second kappa shape index (κ2) is 6.73. The Bertz CT molecular complexity index is 1090. The van der Waals surface area contributed by atoms with E-state index in [0.717, 1.165) is 39.1 Å². The molecule has 0 saturated heterocycles. The number of hydrogen-bond acceptors (Lipinski definition) is 4. The molecule has 0 bridgehead atoms. The van der Waals surface area contributed by atoms with Gasteiger partial charge in [-0.15, -0.1) is 0 Å². The van der Waals surface area contributed by atoms with Crippen LogP contribution in [0.1, 0.15) is 12.6 Å². The third kappa shape index (κ3) is 2.89. The fourth-order valence-corrected chi connectivity index (χ4v) is 3.30. The number of nitrogen functional groups attached to an aromatic ring is 1. The van der Waals surface area contributed by atoms with Crippen LogP contribution in [0.2, 0.25) is 5.02 Å². The number of fused-ring (bicyclic) bond motifs is 1. The highest BCUT2D eigenvalue weighted by Crippen LogP contribution is 2.34. The van der Waals surface area contributed by atoms with Gasteiger partial charge in [-0.05, 0) is 24.6 Å². The summed E-state index contributed by atoms with van der Waals surface area (Å²) in [6.45, 7) is 2.02. The highest BCUT2D eigenvalue weighted by Gasteiger charge is 2.16. The lowest BCUT2D eigenvalue weighted by atomic mass is 10.0. The molecule has 128 valence electrons. The largest absolute Gasteiger partial charge is 0.382 e. The Kier molecular flexibility index (Phi) is 4.27. The molecule has 26 heavy (non-hydrogen) atoms. The molecule has 4 rings (SSSR count). The van der Waals surface area contributed by atoms with Crippen molar-refractivity contribution in [3.05, 3.63) is 71.5 Å². The van der Waals surface area contributed by atoms with E-state index in [2.05, 4.69) is 9.97 Å². The zero-order chi connectivity index (χ0) is 18.1. The molecule has 0 radical (unpaired) electrons. The van der Waals surface area contributed by atoms with E-state index in [0.29, 0.717) is 17.3 Å². The third-order valence-corrected chi connectivity index (χ3v) is 4.60. The molecule has 0 aliphatic rings. The average molecular weight is 361 g/mol. The lowest BCUT2D eigenvalue weighted by Gasteiger charge is -2.13. The molecule has 2 heterocycles. The number of benzene rings is 2. The van der Waals surface area contributed by atoms with Crippen molar-refractivity contribution in [1.29, 1.82) is 0 Å². The molecule has 4 nitrogen and oxygen atoms in total. The van der Waals surface area contributed by atoms with Crippen LogP contribution in [-0.2, 0) is 6.42 Å². The van der Waals surface area contributed by atoms with Crippen LogP contribution in [-0.4, -0.2) is 15.0 Å². The van der Waals surface area contributed by atoms with E-state index in [9.17, 15) is 0 Å². The second-order valence-corrected chi connectivity index (χ2v) is 6.41. The topological polar surface area (TPSA) is 64.7 Å². The van der Waals surface area contributed by atoms with E-state index in [-0.39, 0.29) is 0 Å². The molecule has 0 saturated carbocycles. The van der Waals surface area contributed by atoms with Crippen LogP contribution in [0.3, 0.4) is 0 Å². The summed E-state index contributed by atoms with van der Waals surface area (Å²) in [5, 5.41) is 1.56. The van der Waals surface area contributed by atoms with Gasteiger partial charge in [-0.1, -0.05) is 54.9 Å². The Morgan fingerprint density at radius 2 is 1.69 bits per heavy atom. The summed E-state index contributed by atoms with van der Waals surface area (Å²) in [4.78, 5) is 13.8. The molecule has 0 fully saturated rings. The Hall–Kier alpha value is -2.98. The SMILES string of the molecule is CCc1nc(-c2cc(Cl)c3ncccc3c2)c(-c2ccccc2)nc1N. The molecule has 0 atom stereocenters. The van der Waals surface area contributed by atoms with Crippen molar-refractivity contribution in [2.75, 3.05) is 5.73 Å². The van der Waals surface area contributed by atoms with Crippen molar-refractivity contribution in [3.63, 3.8) is 0 Å². The smallest absolute Gasteiger partial charge is 0.145 e. The van der Waals surface area contributed by atoms with Gasteiger partial charge < -0.3 is 5.73 Å². The Morgan fingerprint density at radius 3 is 2.46 bits per heavy atom. The Morgan fingerprint density at radius 1 is 0.923 bits per heavy atom. The van der Waals surface area contributed by atoms with Crippen molar-refractivity contribution >= 4 is 28.3 Å². The first kappa shape index (κ1) is 16.5. The summed E-state index contributed by atoms with van der Waals surface area (Å²) in [5.74, 6) is 0.462. The highest BCUT2D eigenvalue weighted by atomic mass is 35.5. The zero-order valence-electron chi connectivity index (χ0n) is 14.3. The maximum Gasteiger partial charge on any atom is 0.145 e. The van der Waals surface area contributed by atoms with Gasteiger partial charge in [0.25, 0.3) is 0 Å². The number of hydrogen-bond donors (Lipinski definition) is 1. The summed E-state index contributed by atoms with van der Waals surface area (Å²) in [5.41, 5.74) is 11.1. The van der Waals surface area contributed by atoms with Gasteiger partial charge in [-0.25, -0.2) is 9.97 Å². The summed E-state index contributed by atoms with van der Waals surface area (Å²) in [6, 6.07) is 17.7. The summed E-state index contributed by atoms with van der Waals surface area (Å²) in [7, 11) is 0. The summed E-state index contributed by atoms with van der Waals surface area (Å²) in [6.07, 6.45) is 2.45. The average Bonchev–Trinajstić information content (AvgIpc) is 2.68. The van der Waals surface area contributed by atoms with Crippen molar-refractivity contribution in [2.45, 2.75) is 13.3 Å². The minimum atomic E-state index is 0.462. The van der Waals surface area contributed by atoms with Gasteiger partial charge in [0.1, 0.15) is 5.82 Å². The van der Waals surface area contributed by atoms with E-state index in [1.165, 1.54) is 0 Å². The van der Waals surface area contributed by atoms with E-state index in [1.807, 2.05) is 61.5 Å². The molecule has 0 spiro atoms. The van der Waals surface area contributed by atoms with E-state index >= 15 is 0 Å². The molecular formula is C21H17ClN4. The minimum absolute atomic E-state index is 0.462. The fourth-order valence-electron chi connectivity index (χ4n) is 3.03. The van der Waals surface area contributed by atoms with Crippen LogP contribution in [0.5, 0.6) is 0 Å². The molecule has 0 unspecified atom stereocenters. The van der Waals surface area contributed by atoms with Gasteiger partial charge in [-0.2, -0.15) is 0 Å². The Balaban J connectivity index is 2.01. The number of halogens is 1. The normalized spacial score (nSPS) is 11.0. The molecule has 0 amide bonds.